The van der Waals surface area contributed by atoms with Gasteiger partial charge in [-0.1, -0.05) is 94.8 Å². The number of hydrogen-bond acceptors (Lipinski definition) is 32. The Bertz CT molecular complexity index is 4820. The average Bonchev–Trinajstić information content (AvgIpc) is 1.62. The van der Waals surface area contributed by atoms with Gasteiger partial charge in [0, 0.05) is 75.0 Å². The maximum atomic E-state index is 13.3. The molecule has 30 nitrogen and oxygen atoms in total. The number of methoxy groups -OCH3 is 5. The van der Waals surface area contributed by atoms with Gasteiger partial charge in [0.15, 0.2) is 11.5 Å². The van der Waals surface area contributed by atoms with Gasteiger partial charge in [-0.15, -0.1) is 22.7 Å². The van der Waals surface area contributed by atoms with Crippen molar-refractivity contribution in [2.75, 3.05) is 95.0 Å². The topological polar surface area (TPSA) is 375 Å². The molecule has 0 radical (unpaired) electrons. The van der Waals surface area contributed by atoms with Gasteiger partial charge >= 0.3 is 59.9 Å². The summed E-state index contributed by atoms with van der Waals surface area (Å²) in [6.45, 7) is 25.5. The molecule has 5 fully saturated rings. The van der Waals surface area contributed by atoms with E-state index in [4.69, 9.17) is 85.5 Å². The molecule has 6 aromatic rings. The molecule has 5 aliphatic rings. The Labute approximate surface area is 863 Å². The standard InChI is InChI=1S/C36H37NO6S2.C16H28O4.C16H28O3.C15H18O6.C15H24O5.C15H18O5/c1-20-4-6-25(7-5-20)30-18-19-31(44-30)34-37-32-28(42-35(40)26-12-8-23(9-13-26)21(2)38)16-17-29(33(32)45-34)43-36(41)27-14-10-24(11-15-27)22(3)39;1-3-16(17)20-13-7-5-4-6-12-19-15-10-8-14(18-2)9-11-15;1-3-16(17)19-13-7-5-4-6-8-14-9-11-15(18-2)12-10-14;1-3-14(16)19-10-4-5-11-20-15(17)21-13-8-6-12(18-2)7-9-13;2*1-3-14(16)19-10-4-5-11-20-15(17)12-6-8-13(18-2)9-7-12/h4-7,16-19,23-24,26-27H,8-15H2,1-3H3;3,14-15H,1,4-13H2,2H3;3,14-15H,1,4-13H2,2H3;3,6-9H,1,4-5,10-11H2,2H3;3,12-13H,1,4-11H2,2H3;3,6-9H,1,4-5,10-11H2,2H3. The SMILES string of the molecule is C=CC(=O)OCCCCCCC1CCC(OC)CC1.C=CC(=O)OCCCCCCOC1CCC(OC)CC1.C=CC(=O)OCCCCOC(=O)C1CCC(OC)CC1.C=CC(=O)OCCCCOC(=O)Oc1ccc(OC)cc1.C=CC(=O)OCCCCOC(=O)c1ccc(OC)cc1.CC(=O)C1CCC(C(=O)Oc2ccc(OC(=O)C3CCC(C(C)=O)CC3)c3sc(-c4ccc(-c5ccc(C)cc5)s4)nc23)CC1. The fraction of sp³-hybridized carbons (Fsp3) is 0.549. The number of thiazole rings is 1. The molecule has 32 heteroatoms. The fourth-order valence-electron chi connectivity index (χ4n) is 16.7. The Hall–Kier alpha value is -11.6. The minimum atomic E-state index is -0.775. The molecule has 0 amide bonds. The second kappa shape index (κ2) is 71.9. The molecule has 2 heterocycles. The molecule has 0 bridgehead atoms. The number of hydrogen-bond donors (Lipinski definition) is 0. The Morgan fingerprint density at radius 3 is 1.12 bits per heavy atom. The number of Topliss-reactive ketones (excluding diaryl/α,β-unsaturated/α-hetero) is 2. The van der Waals surface area contributed by atoms with Crippen molar-refractivity contribution in [2.24, 2.45) is 35.5 Å². The van der Waals surface area contributed by atoms with Crippen LogP contribution in [0.3, 0.4) is 0 Å². The van der Waals surface area contributed by atoms with Gasteiger partial charge in [0.1, 0.15) is 44.0 Å². The van der Waals surface area contributed by atoms with Gasteiger partial charge in [-0.3, -0.25) is 24.0 Å². The van der Waals surface area contributed by atoms with E-state index in [9.17, 15) is 57.5 Å². The first kappa shape index (κ1) is 122. The van der Waals surface area contributed by atoms with Crippen molar-refractivity contribution in [1.29, 1.82) is 0 Å². The molecule has 2 aromatic heterocycles. The van der Waals surface area contributed by atoms with Gasteiger partial charge < -0.3 is 80.5 Å². The molecule has 0 N–H and O–H groups in total. The number of rotatable bonds is 51. The summed E-state index contributed by atoms with van der Waals surface area (Å²) < 4.78 is 88.9. The van der Waals surface area contributed by atoms with Gasteiger partial charge in [-0.05, 0) is 298 Å². The number of aryl methyl sites for hydroxylation is 1. The molecule has 0 atom stereocenters. The number of unbranched alkanes of at least 4 members (excludes halogenated alkanes) is 9. The fourth-order valence-corrected chi connectivity index (χ4v) is 18.8. The van der Waals surface area contributed by atoms with Crippen LogP contribution < -0.4 is 23.7 Å². The molecule has 0 unspecified atom stereocenters. The monoisotopic (exact) mass is 2050 g/mol. The normalized spacial score (nSPS) is 18.6. The zero-order chi connectivity index (χ0) is 105. The number of carbonyl (C=O) groups is 12. The zero-order valence-corrected chi connectivity index (χ0v) is 87.8. The molecule has 5 saturated carbocycles. The van der Waals surface area contributed by atoms with Gasteiger partial charge in [0.2, 0.25) is 0 Å². The van der Waals surface area contributed by atoms with E-state index in [0.29, 0.717) is 192 Å². The van der Waals surface area contributed by atoms with Crippen molar-refractivity contribution in [2.45, 2.75) is 270 Å². The average molecular weight is 2050 g/mol. The van der Waals surface area contributed by atoms with Crippen LogP contribution in [0.1, 0.15) is 254 Å². The largest absolute Gasteiger partial charge is 0.513 e. The number of fused-ring (bicyclic) bond motifs is 1. The summed E-state index contributed by atoms with van der Waals surface area (Å²) in [5, 5.41) is 0.748. The van der Waals surface area contributed by atoms with Crippen molar-refractivity contribution in [1.82, 2.24) is 4.98 Å². The van der Waals surface area contributed by atoms with E-state index >= 15 is 0 Å². The summed E-state index contributed by atoms with van der Waals surface area (Å²) >= 11 is 3.04. The molecule has 11 rings (SSSR count). The van der Waals surface area contributed by atoms with Crippen LogP contribution in [0.25, 0.3) is 30.5 Å². The number of thiophene rings is 1. The highest BCUT2D eigenvalue weighted by Crippen LogP contribution is 2.45. The van der Waals surface area contributed by atoms with Crippen molar-refractivity contribution < 1.29 is 138 Å². The summed E-state index contributed by atoms with van der Waals surface area (Å²) in [7, 11) is 8.44. The van der Waals surface area contributed by atoms with Crippen molar-refractivity contribution >= 4 is 104 Å². The third-order valence-corrected chi connectivity index (χ3v) is 28.0. The first-order valence-corrected chi connectivity index (χ1v) is 52.5. The second-order valence-electron chi connectivity index (χ2n) is 36.0. The van der Waals surface area contributed by atoms with Gasteiger partial charge in [0.25, 0.3) is 0 Å². The number of nitrogens with zero attached hydrogens (tertiary/aromatic N) is 1. The predicted molar refractivity (Wildman–Crippen MR) is 555 cm³/mol. The summed E-state index contributed by atoms with van der Waals surface area (Å²) in [5.41, 5.74) is 3.28. The number of carbonyl (C=O) groups excluding carboxylic acids is 12. The molecular formula is C113H153NO29S2. The maximum Gasteiger partial charge on any atom is 0.513 e. The van der Waals surface area contributed by atoms with E-state index in [-0.39, 0.29) is 96.8 Å². The smallest absolute Gasteiger partial charge is 0.497 e. The van der Waals surface area contributed by atoms with Crippen LogP contribution in [-0.2, 0) is 105 Å². The number of ketones is 2. The lowest BCUT2D eigenvalue weighted by molar-refractivity contribution is -0.151. The van der Waals surface area contributed by atoms with E-state index < -0.39 is 24.1 Å². The maximum absolute atomic E-state index is 13.3. The minimum Gasteiger partial charge on any atom is -0.497 e. The molecule has 0 aliphatic heterocycles. The highest BCUT2D eigenvalue weighted by Gasteiger charge is 2.34. The summed E-state index contributed by atoms with van der Waals surface area (Å²) in [6, 6.07) is 29.1. The molecule has 0 spiro atoms. The number of ether oxygens (including phenoxy) is 17. The predicted octanol–water partition coefficient (Wildman–Crippen LogP) is 23.0. The third kappa shape index (κ3) is 49.0. The van der Waals surface area contributed by atoms with E-state index in [1.165, 1.54) is 74.0 Å². The zero-order valence-electron chi connectivity index (χ0n) is 86.1. The number of esters is 9. The number of aromatic nitrogens is 1. The quantitative estimate of drug-likeness (QED) is 0.00854. The minimum absolute atomic E-state index is 0.0139. The first-order chi connectivity index (χ1) is 70.2. The molecule has 5 aliphatic carbocycles. The van der Waals surface area contributed by atoms with Crippen LogP contribution in [0.2, 0.25) is 0 Å². The van der Waals surface area contributed by atoms with Crippen molar-refractivity contribution in [3.8, 4) is 49.1 Å². The van der Waals surface area contributed by atoms with Gasteiger partial charge in [-0.2, -0.15) is 0 Å². The van der Waals surface area contributed by atoms with Crippen LogP contribution >= 0.6 is 22.7 Å². The molecule has 796 valence electrons. The van der Waals surface area contributed by atoms with Crippen LogP contribution in [0.5, 0.6) is 28.7 Å². The molecule has 0 saturated heterocycles. The lowest BCUT2D eigenvalue weighted by Gasteiger charge is -2.27. The summed E-state index contributed by atoms with van der Waals surface area (Å²) in [4.78, 5) is 146. The first-order valence-electron chi connectivity index (χ1n) is 50.8. The van der Waals surface area contributed by atoms with Crippen LogP contribution in [0.15, 0.2) is 160 Å². The number of benzene rings is 4. The van der Waals surface area contributed by atoms with Crippen LogP contribution in [0.4, 0.5) is 4.79 Å². The van der Waals surface area contributed by atoms with E-state index in [1.54, 1.807) is 114 Å². The Morgan fingerprint density at radius 2 is 0.683 bits per heavy atom. The van der Waals surface area contributed by atoms with Crippen LogP contribution in [0, 0.1) is 42.4 Å². The van der Waals surface area contributed by atoms with Crippen molar-refractivity contribution in [3.05, 3.63) is 171 Å². The molecule has 145 heavy (non-hydrogen) atoms. The lowest BCUT2D eigenvalue weighted by Crippen LogP contribution is -2.28. The third-order valence-electron chi connectivity index (χ3n) is 25.6. The Kier molecular flexibility index (Phi) is 60.5. The Balaban J connectivity index is 0.000000279. The van der Waals surface area contributed by atoms with Gasteiger partial charge in [-0.25, -0.2) is 38.5 Å². The highest BCUT2D eigenvalue weighted by molar-refractivity contribution is 7.26. The van der Waals surface area contributed by atoms with E-state index in [2.05, 4.69) is 70.2 Å². The van der Waals surface area contributed by atoms with Gasteiger partial charge in [0.05, 0.1) is 120 Å². The summed E-state index contributed by atoms with van der Waals surface area (Å²) in [6.07, 6.45) is 39.1. The summed E-state index contributed by atoms with van der Waals surface area (Å²) in [5.74, 6) is 0.151. The highest BCUT2D eigenvalue weighted by atomic mass is 32.1. The lowest BCUT2D eigenvalue weighted by atomic mass is 9.80. The van der Waals surface area contributed by atoms with Crippen molar-refractivity contribution in [3.63, 3.8) is 0 Å². The second-order valence-corrected chi connectivity index (χ2v) is 38.1. The van der Waals surface area contributed by atoms with E-state index in [0.717, 1.165) is 141 Å². The Morgan fingerprint density at radius 1 is 0.331 bits per heavy atom. The molecular weight excluding hydrogens is 1900 g/mol. The van der Waals surface area contributed by atoms with E-state index in [1.807, 2.05) is 13.2 Å². The molecule has 4 aromatic carbocycles. The van der Waals surface area contributed by atoms with Crippen LogP contribution in [-0.4, -0.2) is 196 Å².